The van der Waals surface area contributed by atoms with E-state index in [0.717, 1.165) is 12.1 Å². The maximum atomic E-state index is 14.0. The van der Waals surface area contributed by atoms with Crippen molar-refractivity contribution in [2.24, 2.45) is 0 Å². The largest absolute Gasteiger partial charge is 0.309 e. The Bertz CT molecular complexity index is 539. The quantitative estimate of drug-likeness (QED) is 0.923. The van der Waals surface area contributed by atoms with E-state index in [4.69, 9.17) is 11.6 Å². The van der Waals surface area contributed by atoms with Gasteiger partial charge in [-0.15, -0.1) is 0 Å². The minimum atomic E-state index is -0.386. The van der Waals surface area contributed by atoms with Crippen LogP contribution >= 0.6 is 11.6 Å². The number of halogens is 2. The minimum Gasteiger partial charge on any atom is -0.309 e. The van der Waals surface area contributed by atoms with E-state index >= 15 is 0 Å². The Morgan fingerprint density at radius 3 is 2.89 bits per heavy atom. The predicted octanol–water partition coefficient (Wildman–Crippen LogP) is 3.00. The second-order valence-corrected chi connectivity index (χ2v) is 4.40. The van der Waals surface area contributed by atoms with Crippen LogP contribution in [0.1, 0.15) is 24.1 Å². The van der Waals surface area contributed by atoms with Crippen molar-refractivity contribution in [2.75, 3.05) is 7.05 Å². The van der Waals surface area contributed by atoms with Crippen molar-refractivity contribution in [3.8, 4) is 0 Å². The zero-order chi connectivity index (χ0) is 13.1. The van der Waals surface area contributed by atoms with E-state index in [0.29, 0.717) is 5.56 Å². The minimum absolute atomic E-state index is 0.135. The van der Waals surface area contributed by atoms with E-state index in [2.05, 4.69) is 10.4 Å². The van der Waals surface area contributed by atoms with Gasteiger partial charge in [0.1, 0.15) is 5.82 Å². The molecule has 5 heteroatoms. The molecule has 18 heavy (non-hydrogen) atoms. The van der Waals surface area contributed by atoms with Crippen LogP contribution in [0.5, 0.6) is 0 Å². The van der Waals surface area contributed by atoms with E-state index in [1.165, 1.54) is 0 Å². The molecule has 0 saturated heterocycles. The van der Waals surface area contributed by atoms with Gasteiger partial charge in [0.2, 0.25) is 0 Å². The van der Waals surface area contributed by atoms with Gasteiger partial charge in [-0.2, -0.15) is 5.10 Å². The van der Waals surface area contributed by atoms with Crippen LogP contribution in [-0.2, 0) is 6.54 Å². The highest BCUT2D eigenvalue weighted by atomic mass is 35.5. The second-order valence-electron chi connectivity index (χ2n) is 3.99. The van der Waals surface area contributed by atoms with E-state index in [-0.39, 0.29) is 16.9 Å². The van der Waals surface area contributed by atoms with Gasteiger partial charge in [-0.1, -0.05) is 23.7 Å². The molecule has 1 N–H and O–H groups in total. The van der Waals surface area contributed by atoms with Crippen molar-refractivity contribution in [3.05, 3.63) is 52.6 Å². The average molecular weight is 268 g/mol. The number of nitrogens with zero attached hydrogens (tertiary/aromatic N) is 2. The molecule has 0 aliphatic heterocycles. The molecule has 0 bridgehead atoms. The molecular weight excluding hydrogens is 253 g/mol. The molecule has 0 spiro atoms. The fourth-order valence-corrected chi connectivity index (χ4v) is 2.13. The molecule has 1 aromatic heterocycles. The first kappa shape index (κ1) is 13.1. The Kier molecular flexibility index (Phi) is 3.99. The van der Waals surface area contributed by atoms with Crippen LogP contribution in [0.25, 0.3) is 0 Å². The third kappa shape index (κ3) is 2.40. The van der Waals surface area contributed by atoms with Gasteiger partial charge < -0.3 is 5.32 Å². The maximum absolute atomic E-state index is 14.0. The Balaban J connectivity index is 2.41. The van der Waals surface area contributed by atoms with Gasteiger partial charge in [-0.25, -0.2) is 4.39 Å². The fraction of sp³-hybridized carbons (Fsp3) is 0.308. The number of rotatable bonds is 4. The monoisotopic (exact) mass is 267 g/mol. The summed E-state index contributed by atoms with van der Waals surface area (Å²) >= 11 is 5.81. The van der Waals surface area contributed by atoms with E-state index in [1.807, 2.05) is 17.8 Å². The van der Waals surface area contributed by atoms with Crippen LogP contribution in [0.4, 0.5) is 4.39 Å². The highest BCUT2D eigenvalue weighted by Gasteiger charge is 2.19. The van der Waals surface area contributed by atoms with E-state index < -0.39 is 0 Å². The summed E-state index contributed by atoms with van der Waals surface area (Å²) in [5.41, 5.74) is 1.45. The van der Waals surface area contributed by atoms with Gasteiger partial charge in [0.25, 0.3) is 0 Å². The number of nitrogens with one attached hydrogen (secondary N) is 1. The molecule has 0 amide bonds. The topological polar surface area (TPSA) is 29.9 Å². The molecule has 1 unspecified atom stereocenters. The molecule has 2 rings (SSSR count). The first-order chi connectivity index (χ1) is 8.67. The van der Waals surface area contributed by atoms with Crippen molar-refractivity contribution < 1.29 is 4.39 Å². The van der Waals surface area contributed by atoms with Crippen molar-refractivity contribution in [2.45, 2.75) is 19.5 Å². The molecule has 96 valence electrons. The van der Waals surface area contributed by atoms with Crippen LogP contribution < -0.4 is 5.32 Å². The SMILES string of the molecule is CCn1cc(C(NC)c2cccc(Cl)c2F)cn1. The summed E-state index contributed by atoms with van der Waals surface area (Å²) in [5, 5.41) is 7.43. The molecule has 0 aliphatic carbocycles. The van der Waals surface area contributed by atoms with Crippen LogP contribution in [0, 0.1) is 5.82 Å². The van der Waals surface area contributed by atoms with Crippen molar-refractivity contribution in [1.82, 2.24) is 15.1 Å². The van der Waals surface area contributed by atoms with Gasteiger partial charge in [-0.3, -0.25) is 4.68 Å². The summed E-state index contributed by atoms with van der Waals surface area (Å²) in [5.74, 6) is -0.386. The summed E-state index contributed by atoms with van der Waals surface area (Å²) in [4.78, 5) is 0. The van der Waals surface area contributed by atoms with Crippen LogP contribution in [0.15, 0.2) is 30.6 Å². The lowest BCUT2D eigenvalue weighted by molar-refractivity contribution is 0.576. The summed E-state index contributed by atoms with van der Waals surface area (Å²) in [6, 6.07) is 4.77. The summed E-state index contributed by atoms with van der Waals surface area (Å²) in [7, 11) is 1.79. The summed E-state index contributed by atoms with van der Waals surface area (Å²) in [6.07, 6.45) is 3.65. The molecule has 1 atom stereocenters. The molecule has 0 saturated carbocycles. The highest BCUT2D eigenvalue weighted by Crippen LogP contribution is 2.27. The lowest BCUT2D eigenvalue weighted by Crippen LogP contribution is -2.18. The molecule has 0 aliphatic rings. The molecule has 3 nitrogen and oxygen atoms in total. The number of hydrogen-bond acceptors (Lipinski definition) is 2. The molecule has 1 aromatic carbocycles. The number of hydrogen-bond donors (Lipinski definition) is 1. The summed E-state index contributed by atoms with van der Waals surface area (Å²) < 4.78 is 15.8. The fourth-order valence-electron chi connectivity index (χ4n) is 1.95. The van der Waals surface area contributed by atoms with Crippen LogP contribution in [0.2, 0.25) is 5.02 Å². The van der Waals surface area contributed by atoms with Crippen LogP contribution in [0.3, 0.4) is 0 Å². The Labute approximate surface area is 111 Å². The molecule has 1 heterocycles. The Morgan fingerprint density at radius 1 is 1.50 bits per heavy atom. The average Bonchev–Trinajstić information content (AvgIpc) is 2.84. The van der Waals surface area contributed by atoms with Gasteiger partial charge in [0, 0.05) is 23.9 Å². The highest BCUT2D eigenvalue weighted by molar-refractivity contribution is 6.30. The maximum Gasteiger partial charge on any atom is 0.146 e. The lowest BCUT2D eigenvalue weighted by atomic mass is 10.0. The van der Waals surface area contributed by atoms with Crippen molar-refractivity contribution in [1.29, 1.82) is 0 Å². The van der Waals surface area contributed by atoms with Gasteiger partial charge in [0.15, 0.2) is 0 Å². The van der Waals surface area contributed by atoms with Crippen molar-refractivity contribution in [3.63, 3.8) is 0 Å². The smallest absolute Gasteiger partial charge is 0.146 e. The van der Waals surface area contributed by atoms with Crippen molar-refractivity contribution >= 4 is 11.6 Å². The van der Waals surface area contributed by atoms with E-state index in [9.17, 15) is 4.39 Å². The van der Waals surface area contributed by atoms with Gasteiger partial charge in [-0.05, 0) is 20.0 Å². The molecule has 2 aromatic rings. The first-order valence-corrected chi connectivity index (χ1v) is 6.18. The Morgan fingerprint density at radius 2 is 2.28 bits per heavy atom. The van der Waals surface area contributed by atoms with E-state index in [1.54, 1.807) is 31.4 Å². The summed E-state index contributed by atoms with van der Waals surface area (Å²) in [6.45, 7) is 2.79. The first-order valence-electron chi connectivity index (χ1n) is 5.81. The third-order valence-corrected chi connectivity index (χ3v) is 3.18. The van der Waals surface area contributed by atoms with Gasteiger partial charge in [0.05, 0.1) is 17.3 Å². The predicted molar refractivity (Wildman–Crippen MR) is 70.2 cm³/mol. The number of aryl methyl sites for hydroxylation is 1. The zero-order valence-electron chi connectivity index (χ0n) is 10.3. The standard InChI is InChI=1S/C13H15ClFN3/c1-3-18-8-9(7-17-18)13(16-2)10-5-4-6-11(14)12(10)15/h4-8,13,16H,3H2,1-2H3. The molecular formula is C13H15ClFN3. The Hall–Kier alpha value is -1.39. The lowest BCUT2D eigenvalue weighted by Gasteiger charge is -2.16. The van der Waals surface area contributed by atoms with Gasteiger partial charge >= 0.3 is 0 Å². The number of benzene rings is 1. The number of aromatic nitrogens is 2. The van der Waals surface area contributed by atoms with Crippen LogP contribution in [-0.4, -0.2) is 16.8 Å². The second kappa shape index (κ2) is 5.50. The molecule has 0 radical (unpaired) electrons. The third-order valence-electron chi connectivity index (χ3n) is 2.89. The zero-order valence-corrected chi connectivity index (χ0v) is 11.1. The molecule has 0 fully saturated rings. The normalized spacial score (nSPS) is 12.7.